The number of carbonyl (C=O) groups is 3. The molecule has 1 heterocycles. The van der Waals surface area contributed by atoms with Gasteiger partial charge < -0.3 is 19.9 Å². The lowest BCUT2D eigenvalue weighted by atomic mass is 10.2. The summed E-state index contributed by atoms with van der Waals surface area (Å²) >= 11 is 0. The van der Waals surface area contributed by atoms with Gasteiger partial charge in [0.1, 0.15) is 5.60 Å². The van der Waals surface area contributed by atoms with Crippen molar-refractivity contribution >= 4 is 29.3 Å². The average molecular weight is 399 g/mol. The third-order valence-corrected chi connectivity index (χ3v) is 5.43. The molecule has 0 aromatic heterocycles. The van der Waals surface area contributed by atoms with E-state index in [-0.39, 0.29) is 0 Å². The summed E-state index contributed by atoms with van der Waals surface area (Å²) in [5.74, 6) is 0.107. The second-order valence-electron chi connectivity index (χ2n) is 9.35. The molecule has 0 unspecified atom stereocenters. The minimum atomic E-state index is -1.28. The van der Waals surface area contributed by atoms with Gasteiger partial charge in [0.05, 0.1) is 11.4 Å². The number of fused-ring (bicyclic) bond motifs is 1. The van der Waals surface area contributed by atoms with Gasteiger partial charge in [0.25, 0.3) is 11.8 Å². The summed E-state index contributed by atoms with van der Waals surface area (Å²) in [7, 11) is 0. The number of anilines is 2. The number of amides is 3. The number of nitrogens with one attached hydrogen (secondary N) is 1. The van der Waals surface area contributed by atoms with Crippen molar-refractivity contribution in [2.75, 3.05) is 22.9 Å². The van der Waals surface area contributed by atoms with Crippen LogP contribution in [0.2, 0.25) is 0 Å². The van der Waals surface area contributed by atoms with E-state index >= 15 is 0 Å². The molecule has 2 saturated carbocycles. The van der Waals surface area contributed by atoms with Crippen molar-refractivity contribution in [1.29, 1.82) is 0 Å². The highest BCUT2D eigenvalue weighted by Crippen LogP contribution is 2.40. The second kappa shape index (κ2) is 7.35. The molecule has 4 rings (SSSR count). The van der Waals surface area contributed by atoms with Crippen molar-refractivity contribution in [3.05, 3.63) is 24.3 Å². The molecule has 2 aliphatic carbocycles. The first-order chi connectivity index (χ1) is 13.7. The van der Waals surface area contributed by atoms with Crippen LogP contribution in [0, 0.1) is 11.8 Å². The number of hydrogen-bond acceptors (Lipinski definition) is 4. The van der Waals surface area contributed by atoms with Crippen molar-refractivity contribution in [3.8, 4) is 0 Å². The van der Waals surface area contributed by atoms with Gasteiger partial charge in [-0.05, 0) is 70.4 Å². The predicted octanol–water partition coefficient (Wildman–Crippen LogP) is 3.08. The Kier molecular flexibility index (Phi) is 5.00. The Morgan fingerprint density at radius 3 is 1.79 bits per heavy atom. The van der Waals surface area contributed by atoms with Gasteiger partial charge in [-0.25, -0.2) is 4.79 Å². The van der Waals surface area contributed by atoms with Gasteiger partial charge in [-0.2, -0.15) is 0 Å². The summed E-state index contributed by atoms with van der Waals surface area (Å²) in [5, 5.41) is 2.55. The fourth-order valence-electron chi connectivity index (χ4n) is 3.62. The quantitative estimate of drug-likeness (QED) is 0.772. The van der Waals surface area contributed by atoms with Crippen molar-refractivity contribution in [3.63, 3.8) is 0 Å². The van der Waals surface area contributed by atoms with E-state index in [1.165, 1.54) is 0 Å². The zero-order valence-corrected chi connectivity index (χ0v) is 17.3. The minimum Gasteiger partial charge on any atom is -0.444 e. The van der Waals surface area contributed by atoms with Gasteiger partial charge >= 0.3 is 6.09 Å². The lowest BCUT2D eigenvalue weighted by molar-refractivity contribution is -0.129. The molecule has 0 bridgehead atoms. The van der Waals surface area contributed by atoms with E-state index in [1.807, 2.05) is 24.3 Å². The smallest absolute Gasteiger partial charge is 0.408 e. The summed E-state index contributed by atoms with van der Waals surface area (Å²) in [5.41, 5.74) is 0.768. The molecule has 0 radical (unpaired) electrons. The number of benzene rings is 1. The highest BCUT2D eigenvalue weighted by atomic mass is 16.6. The molecule has 1 N–H and O–H groups in total. The first-order valence-corrected chi connectivity index (χ1v) is 10.4. The van der Waals surface area contributed by atoms with E-state index in [0.29, 0.717) is 24.9 Å². The Morgan fingerprint density at radius 2 is 1.41 bits per heavy atom. The molecule has 0 atom stereocenters. The summed E-state index contributed by atoms with van der Waals surface area (Å²) < 4.78 is 5.32. The van der Waals surface area contributed by atoms with E-state index in [4.69, 9.17) is 4.74 Å². The number of carbonyl (C=O) groups excluding carboxylic acids is 3. The number of ether oxygens (including phenoxy) is 1. The maximum absolute atomic E-state index is 13.4. The SMILES string of the molecule is CC(C)(C)OC(=O)NC1C(=O)N(CC2CC2)c2ccccc2N(CC2CC2)C1=O. The first kappa shape index (κ1) is 19.7. The summed E-state index contributed by atoms with van der Waals surface area (Å²) in [6.45, 7) is 6.37. The molecule has 156 valence electrons. The van der Waals surface area contributed by atoms with Gasteiger partial charge in [-0.3, -0.25) is 9.59 Å². The second-order valence-corrected chi connectivity index (χ2v) is 9.35. The molecular formula is C22H29N3O4. The Hall–Kier alpha value is -2.57. The van der Waals surface area contributed by atoms with Gasteiger partial charge in [0, 0.05) is 13.1 Å². The van der Waals surface area contributed by atoms with E-state index in [0.717, 1.165) is 37.1 Å². The van der Waals surface area contributed by atoms with E-state index < -0.39 is 29.6 Å². The normalized spacial score (nSPS) is 20.4. The largest absolute Gasteiger partial charge is 0.444 e. The van der Waals surface area contributed by atoms with Crippen molar-refractivity contribution in [1.82, 2.24) is 5.32 Å². The number of nitrogens with zero attached hydrogens (tertiary/aromatic N) is 2. The van der Waals surface area contributed by atoms with Crippen LogP contribution >= 0.6 is 0 Å². The Bertz CT molecular complexity index is 771. The third-order valence-electron chi connectivity index (χ3n) is 5.43. The van der Waals surface area contributed by atoms with E-state index in [9.17, 15) is 14.4 Å². The Labute approximate surface area is 171 Å². The maximum Gasteiger partial charge on any atom is 0.408 e. The fraction of sp³-hybridized carbons (Fsp3) is 0.591. The monoisotopic (exact) mass is 399 g/mol. The Balaban J connectivity index is 1.68. The van der Waals surface area contributed by atoms with Crippen LogP contribution in [-0.2, 0) is 14.3 Å². The molecule has 2 fully saturated rings. The number of rotatable bonds is 5. The molecule has 29 heavy (non-hydrogen) atoms. The van der Waals surface area contributed by atoms with Gasteiger partial charge in [0.15, 0.2) is 6.04 Å². The Morgan fingerprint density at radius 1 is 0.966 bits per heavy atom. The number of para-hydroxylation sites is 2. The lowest BCUT2D eigenvalue weighted by Crippen LogP contribution is -2.56. The molecular weight excluding hydrogens is 370 g/mol. The number of alkyl carbamates (subject to hydrolysis) is 1. The van der Waals surface area contributed by atoms with Crippen LogP contribution in [0.15, 0.2) is 24.3 Å². The van der Waals surface area contributed by atoms with Gasteiger partial charge in [-0.15, -0.1) is 0 Å². The van der Waals surface area contributed by atoms with Crippen LogP contribution in [0.3, 0.4) is 0 Å². The third kappa shape index (κ3) is 4.54. The van der Waals surface area contributed by atoms with Gasteiger partial charge in [-0.1, -0.05) is 12.1 Å². The minimum absolute atomic E-state index is 0.390. The summed E-state index contributed by atoms with van der Waals surface area (Å²) in [4.78, 5) is 42.6. The predicted molar refractivity (Wildman–Crippen MR) is 110 cm³/mol. The molecule has 1 aromatic rings. The molecule has 7 nitrogen and oxygen atoms in total. The highest BCUT2D eigenvalue weighted by Gasteiger charge is 2.44. The first-order valence-electron chi connectivity index (χ1n) is 10.4. The van der Waals surface area contributed by atoms with Crippen molar-refractivity contribution in [2.45, 2.75) is 58.1 Å². The maximum atomic E-state index is 13.4. The van der Waals surface area contributed by atoms with E-state index in [1.54, 1.807) is 30.6 Å². The average Bonchev–Trinajstić information content (AvgIpc) is 3.54. The van der Waals surface area contributed by atoms with Crippen LogP contribution in [-0.4, -0.2) is 42.6 Å². The number of hydrogen-bond donors (Lipinski definition) is 1. The molecule has 1 aliphatic heterocycles. The highest BCUT2D eigenvalue weighted by molar-refractivity contribution is 6.21. The lowest BCUT2D eigenvalue weighted by Gasteiger charge is -2.26. The van der Waals surface area contributed by atoms with Crippen LogP contribution in [0.1, 0.15) is 46.5 Å². The van der Waals surface area contributed by atoms with Gasteiger partial charge in [0.2, 0.25) is 0 Å². The fourth-order valence-corrected chi connectivity index (χ4v) is 3.62. The topological polar surface area (TPSA) is 79.0 Å². The zero-order chi connectivity index (χ0) is 20.8. The molecule has 3 amide bonds. The van der Waals surface area contributed by atoms with Crippen molar-refractivity contribution < 1.29 is 19.1 Å². The molecule has 0 spiro atoms. The molecule has 3 aliphatic rings. The van der Waals surface area contributed by atoms with Crippen molar-refractivity contribution in [2.24, 2.45) is 11.8 Å². The zero-order valence-electron chi connectivity index (χ0n) is 17.3. The van der Waals surface area contributed by atoms with E-state index in [2.05, 4.69) is 5.32 Å². The summed E-state index contributed by atoms with van der Waals surface area (Å²) in [6, 6.07) is 6.26. The van der Waals surface area contributed by atoms with Crippen LogP contribution in [0.5, 0.6) is 0 Å². The van der Waals surface area contributed by atoms with Crippen LogP contribution in [0.4, 0.5) is 16.2 Å². The molecule has 1 aromatic carbocycles. The van der Waals surface area contributed by atoms with Crippen LogP contribution < -0.4 is 15.1 Å². The van der Waals surface area contributed by atoms with Crippen LogP contribution in [0.25, 0.3) is 0 Å². The molecule has 0 saturated heterocycles. The summed E-state index contributed by atoms with van der Waals surface area (Å²) in [6.07, 6.45) is 3.56. The standard InChI is InChI=1S/C22H29N3O4/c1-22(2,3)29-21(28)23-18-19(26)24(12-14-8-9-14)16-6-4-5-7-17(16)25(20(18)27)13-15-10-11-15/h4-7,14-15,18H,8-13H2,1-3H3,(H,23,28). The molecule has 7 heteroatoms.